The number of nitrogens with two attached hydrogens (primary N) is 1. The molecule has 1 aromatic heterocycles. The molecule has 0 bridgehead atoms. The van der Waals surface area contributed by atoms with Crippen molar-refractivity contribution in [1.82, 2.24) is 9.78 Å². The summed E-state index contributed by atoms with van der Waals surface area (Å²) in [6.45, 7) is 1.50. The summed E-state index contributed by atoms with van der Waals surface area (Å²) in [4.78, 5) is 0. The molecule has 1 heterocycles. The van der Waals surface area contributed by atoms with E-state index in [9.17, 15) is 13.2 Å². The minimum absolute atomic E-state index is 0.0919. The van der Waals surface area contributed by atoms with E-state index in [1.165, 1.54) is 25.3 Å². The zero-order valence-corrected chi connectivity index (χ0v) is 8.99. The summed E-state index contributed by atoms with van der Waals surface area (Å²) in [5, 5.41) is 3.66. The van der Waals surface area contributed by atoms with Crippen LogP contribution in [0.2, 0.25) is 0 Å². The summed E-state index contributed by atoms with van der Waals surface area (Å²) >= 11 is 0. The number of nitrogen functional groups attached to an aromatic ring is 1. The second-order valence-electron chi connectivity index (χ2n) is 3.65. The maximum atomic E-state index is 13.5. The fraction of sp³-hybridized carbons (Fsp3) is 0.182. The van der Waals surface area contributed by atoms with Gasteiger partial charge in [0.15, 0.2) is 5.82 Å². The minimum Gasteiger partial charge on any atom is -0.399 e. The summed E-state index contributed by atoms with van der Waals surface area (Å²) in [7, 11) is 0. The van der Waals surface area contributed by atoms with Crippen molar-refractivity contribution in [3.63, 3.8) is 0 Å². The fourth-order valence-corrected chi connectivity index (χ4v) is 1.52. The predicted molar refractivity (Wildman–Crippen MR) is 57.6 cm³/mol. The van der Waals surface area contributed by atoms with E-state index in [0.29, 0.717) is 5.56 Å². The first-order valence-corrected chi connectivity index (χ1v) is 4.88. The highest BCUT2D eigenvalue weighted by atomic mass is 19.3. The van der Waals surface area contributed by atoms with Crippen LogP contribution in [0.3, 0.4) is 0 Å². The van der Waals surface area contributed by atoms with Gasteiger partial charge in [0.2, 0.25) is 0 Å². The van der Waals surface area contributed by atoms with Crippen molar-refractivity contribution in [2.24, 2.45) is 0 Å². The van der Waals surface area contributed by atoms with Crippen molar-refractivity contribution in [3.8, 4) is 5.69 Å². The van der Waals surface area contributed by atoms with Crippen molar-refractivity contribution in [3.05, 3.63) is 41.5 Å². The topological polar surface area (TPSA) is 43.8 Å². The van der Waals surface area contributed by atoms with Crippen LogP contribution in [0.25, 0.3) is 5.69 Å². The minimum atomic E-state index is -2.67. The zero-order chi connectivity index (χ0) is 12.6. The Labute approximate surface area is 95.7 Å². The first-order chi connectivity index (χ1) is 7.99. The smallest absolute Gasteiger partial charge is 0.282 e. The molecule has 0 aliphatic rings. The summed E-state index contributed by atoms with van der Waals surface area (Å²) in [6, 6.07) is 4.00. The van der Waals surface area contributed by atoms with Gasteiger partial charge in [0.1, 0.15) is 11.4 Å². The fourth-order valence-electron chi connectivity index (χ4n) is 1.52. The van der Waals surface area contributed by atoms with Crippen LogP contribution in [0.1, 0.15) is 17.7 Å². The molecule has 3 nitrogen and oxygen atoms in total. The lowest BCUT2D eigenvalue weighted by Crippen LogP contribution is -2.00. The number of benzene rings is 1. The van der Waals surface area contributed by atoms with Crippen LogP contribution in [0.5, 0.6) is 0 Å². The number of hydrogen-bond donors (Lipinski definition) is 1. The van der Waals surface area contributed by atoms with E-state index >= 15 is 0 Å². The van der Waals surface area contributed by atoms with Crippen LogP contribution >= 0.6 is 0 Å². The van der Waals surface area contributed by atoms with Crippen molar-refractivity contribution >= 4 is 5.69 Å². The molecule has 0 aliphatic carbocycles. The molecule has 0 aliphatic heterocycles. The second kappa shape index (κ2) is 4.12. The molecule has 6 heteroatoms. The molecule has 1 aromatic carbocycles. The lowest BCUT2D eigenvalue weighted by atomic mass is 10.2. The molecule has 0 fully saturated rings. The number of rotatable bonds is 2. The van der Waals surface area contributed by atoms with Gasteiger partial charge in [0.05, 0.1) is 0 Å². The van der Waals surface area contributed by atoms with Crippen molar-refractivity contribution in [2.75, 3.05) is 5.73 Å². The lowest BCUT2D eigenvalue weighted by molar-refractivity contribution is 0.144. The normalized spacial score (nSPS) is 11.1. The third-order valence-electron chi connectivity index (χ3n) is 2.36. The molecule has 0 radical (unpaired) electrons. The highest BCUT2D eigenvalue weighted by molar-refractivity contribution is 5.46. The molecule has 0 saturated carbocycles. The van der Waals surface area contributed by atoms with Gasteiger partial charge in [-0.15, -0.1) is 0 Å². The number of hydrogen-bond acceptors (Lipinski definition) is 2. The van der Waals surface area contributed by atoms with E-state index in [4.69, 9.17) is 5.73 Å². The molecule has 2 rings (SSSR count). The van der Waals surface area contributed by atoms with Crippen molar-refractivity contribution in [2.45, 2.75) is 13.3 Å². The molecule has 2 aromatic rings. The summed E-state index contributed by atoms with van der Waals surface area (Å²) in [6.07, 6.45) is -1.32. The third-order valence-corrected chi connectivity index (χ3v) is 2.36. The number of nitrogens with zero attached hydrogens (tertiary/aromatic N) is 2. The molecular formula is C11H10F3N3. The van der Waals surface area contributed by atoms with Crippen LogP contribution in [0, 0.1) is 12.7 Å². The number of alkyl halides is 2. The van der Waals surface area contributed by atoms with E-state index in [1.807, 2.05) is 0 Å². The second-order valence-corrected chi connectivity index (χ2v) is 3.65. The van der Waals surface area contributed by atoms with Gasteiger partial charge in [-0.2, -0.15) is 5.10 Å². The Bertz CT molecular complexity index is 549. The third kappa shape index (κ3) is 2.11. The molecular weight excluding hydrogens is 231 g/mol. The predicted octanol–water partition coefficient (Wildman–Crippen LogP) is 2.84. The average molecular weight is 241 g/mol. The van der Waals surface area contributed by atoms with Gasteiger partial charge in [-0.1, -0.05) is 0 Å². The van der Waals surface area contributed by atoms with Crippen LogP contribution in [0.4, 0.5) is 18.9 Å². The summed E-state index contributed by atoms with van der Waals surface area (Å²) < 4.78 is 39.7. The Morgan fingerprint density at radius 2 is 2.06 bits per heavy atom. The Balaban J connectivity index is 2.50. The van der Waals surface area contributed by atoms with Gasteiger partial charge in [-0.25, -0.2) is 17.9 Å². The van der Waals surface area contributed by atoms with Gasteiger partial charge in [0, 0.05) is 11.9 Å². The molecule has 90 valence electrons. The Kier molecular flexibility index (Phi) is 2.79. The molecule has 0 spiro atoms. The monoisotopic (exact) mass is 241 g/mol. The average Bonchev–Trinajstić information content (AvgIpc) is 2.60. The van der Waals surface area contributed by atoms with Crippen LogP contribution in [0.15, 0.2) is 24.4 Å². The summed E-state index contributed by atoms with van der Waals surface area (Å²) in [5.74, 6) is -0.603. The van der Waals surface area contributed by atoms with Crippen LogP contribution in [-0.4, -0.2) is 9.78 Å². The lowest BCUT2D eigenvalue weighted by Gasteiger charge is -2.03. The highest BCUT2D eigenvalue weighted by Gasteiger charge is 2.17. The van der Waals surface area contributed by atoms with E-state index in [-0.39, 0.29) is 17.1 Å². The first-order valence-electron chi connectivity index (χ1n) is 4.88. The Morgan fingerprint density at radius 1 is 1.35 bits per heavy atom. The van der Waals surface area contributed by atoms with E-state index < -0.39 is 12.2 Å². The summed E-state index contributed by atoms with van der Waals surface area (Å²) in [5.41, 5.74) is 5.73. The molecule has 0 saturated heterocycles. The Morgan fingerprint density at radius 3 is 2.59 bits per heavy atom. The van der Waals surface area contributed by atoms with Gasteiger partial charge < -0.3 is 5.73 Å². The SMILES string of the molecule is Cc1cn(-c2ccc(N)cc2F)nc1C(F)F. The number of aromatic nitrogens is 2. The van der Waals surface area contributed by atoms with Gasteiger partial charge in [0.25, 0.3) is 6.43 Å². The largest absolute Gasteiger partial charge is 0.399 e. The highest BCUT2D eigenvalue weighted by Crippen LogP contribution is 2.23. The van der Waals surface area contributed by atoms with Crippen LogP contribution < -0.4 is 5.73 Å². The van der Waals surface area contributed by atoms with Crippen LogP contribution in [-0.2, 0) is 0 Å². The van der Waals surface area contributed by atoms with Gasteiger partial charge >= 0.3 is 0 Å². The number of anilines is 1. The number of halogens is 3. The molecule has 2 N–H and O–H groups in total. The standard InChI is InChI=1S/C11H10F3N3/c1-6-5-17(16-10(6)11(13)14)9-3-2-7(15)4-8(9)12/h2-5,11H,15H2,1H3. The Hall–Kier alpha value is -1.98. The number of aryl methyl sites for hydroxylation is 1. The maximum Gasteiger partial charge on any atom is 0.282 e. The molecule has 0 atom stereocenters. The van der Waals surface area contributed by atoms with Gasteiger partial charge in [-0.3, -0.25) is 0 Å². The maximum absolute atomic E-state index is 13.5. The van der Waals surface area contributed by atoms with Crippen molar-refractivity contribution < 1.29 is 13.2 Å². The van der Waals surface area contributed by atoms with E-state index in [1.54, 1.807) is 0 Å². The molecule has 0 amide bonds. The van der Waals surface area contributed by atoms with Crippen molar-refractivity contribution in [1.29, 1.82) is 0 Å². The van der Waals surface area contributed by atoms with Gasteiger partial charge in [-0.05, 0) is 30.7 Å². The molecule has 0 unspecified atom stereocenters. The quantitative estimate of drug-likeness (QED) is 0.821. The molecule has 17 heavy (non-hydrogen) atoms. The van der Waals surface area contributed by atoms with E-state index in [2.05, 4.69) is 5.10 Å². The van der Waals surface area contributed by atoms with E-state index in [0.717, 1.165) is 10.7 Å². The zero-order valence-electron chi connectivity index (χ0n) is 8.99. The first kappa shape index (κ1) is 11.5.